The van der Waals surface area contributed by atoms with Gasteiger partial charge in [0.25, 0.3) is 10.0 Å². The summed E-state index contributed by atoms with van der Waals surface area (Å²) in [5.74, 6) is -0.907. The van der Waals surface area contributed by atoms with Crippen LogP contribution in [0.2, 0.25) is 0 Å². The van der Waals surface area contributed by atoms with Gasteiger partial charge in [0.05, 0.1) is 10.6 Å². The molecule has 5 nitrogen and oxygen atoms in total. The van der Waals surface area contributed by atoms with Crippen molar-refractivity contribution in [2.24, 2.45) is 5.92 Å². The average Bonchev–Trinajstić information content (AvgIpc) is 2.65. The first-order valence-electron chi connectivity index (χ1n) is 8.71. The Bertz CT molecular complexity index is 986. The fraction of sp³-hybridized carbons (Fsp3) is 0.250. The van der Waals surface area contributed by atoms with Gasteiger partial charge in [-0.05, 0) is 56.0 Å². The standard InChI is InChI=1S/C20H21FN2O3S/c1-14-11-12-16(22-20(24)15-7-3-2-4-8-15)13-19(14)27(25,26)23-18-10-6-5-9-17(18)21/h2-3,5-6,9-13,15,23H,4,7-8H2,1H3,(H,22,24). The Kier molecular flexibility index (Phi) is 5.60. The number of rotatable bonds is 5. The van der Waals surface area contributed by atoms with E-state index in [0.717, 1.165) is 12.8 Å². The predicted octanol–water partition coefficient (Wildman–Crippen LogP) is 4.23. The first-order valence-corrected chi connectivity index (χ1v) is 10.2. The van der Waals surface area contributed by atoms with E-state index in [2.05, 4.69) is 16.1 Å². The first-order chi connectivity index (χ1) is 12.9. The van der Waals surface area contributed by atoms with Gasteiger partial charge >= 0.3 is 0 Å². The highest BCUT2D eigenvalue weighted by Gasteiger charge is 2.22. The molecule has 0 spiro atoms. The molecule has 142 valence electrons. The molecular weight excluding hydrogens is 367 g/mol. The van der Waals surface area contributed by atoms with E-state index in [9.17, 15) is 17.6 Å². The van der Waals surface area contributed by atoms with E-state index in [1.165, 1.54) is 24.3 Å². The van der Waals surface area contributed by atoms with Crippen LogP contribution >= 0.6 is 0 Å². The van der Waals surface area contributed by atoms with Crippen molar-refractivity contribution in [2.75, 3.05) is 10.0 Å². The van der Waals surface area contributed by atoms with Crippen molar-refractivity contribution in [3.8, 4) is 0 Å². The second-order valence-corrected chi connectivity index (χ2v) is 8.19. The minimum absolute atomic E-state index is 0.00732. The van der Waals surface area contributed by atoms with E-state index < -0.39 is 15.8 Å². The van der Waals surface area contributed by atoms with E-state index in [1.807, 2.05) is 6.08 Å². The number of nitrogens with one attached hydrogen (secondary N) is 2. The molecule has 1 unspecified atom stereocenters. The number of hydrogen-bond acceptors (Lipinski definition) is 3. The summed E-state index contributed by atoms with van der Waals surface area (Å²) in [6.45, 7) is 1.65. The molecule has 2 aromatic rings. The Labute approximate surface area is 158 Å². The largest absolute Gasteiger partial charge is 0.326 e. The number of aryl methyl sites for hydroxylation is 1. The van der Waals surface area contributed by atoms with Gasteiger partial charge < -0.3 is 5.32 Å². The summed E-state index contributed by atoms with van der Waals surface area (Å²) in [7, 11) is -4.00. The summed E-state index contributed by atoms with van der Waals surface area (Å²) in [4.78, 5) is 12.4. The predicted molar refractivity (Wildman–Crippen MR) is 103 cm³/mol. The quantitative estimate of drug-likeness (QED) is 0.753. The molecule has 0 aliphatic heterocycles. The van der Waals surface area contributed by atoms with Crippen LogP contribution in [-0.2, 0) is 14.8 Å². The van der Waals surface area contributed by atoms with Crippen LogP contribution in [0.25, 0.3) is 0 Å². The van der Waals surface area contributed by atoms with Crippen molar-refractivity contribution >= 4 is 27.3 Å². The van der Waals surface area contributed by atoms with Crippen LogP contribution in [0.3, 0.4) is 0 Å². The van der Waals surface area contributed by atoms with Crippen LogP contribution < -0.4 is 10.0 Å². The van der Waals surface area contributed by atoms with Crippen LogP contribution in [-0.4, -0.2) is 14.3 Å². The first kappa shape index (κ1) is 19.1. The summed E-state index contributed by atoms with van der Waals surface area (Å²) < 4.78 is 41.5. The fourth-order valence-corrected chi connectivity index (χ4v) is 4.33. The van der Waals surface area contributed by atoms with Crippen molar-refractivity contribution < 1.29 is 17.6 Å². The Balaban J connectivity index is 1.83. The lowest BCUT2D eigenvalue weighted by Crippen LogP contribution is -2.24. The molecular formula is C20H21FN2O3S. The molecule has 0 saturated heterocycles. The lowest BCUT2D eigenvalue weighted by atomic mass is 9.93. The number of carbonyl (C=O) groups excluding carboxylic acids is 1. The van der Waals surface area contributed by atoms with E-state index in [0.29, 0.717) is 17.7 Å². The Morgan fingerprint density at radius 2 is 1.93 bits per heavy atom. The zero-order valence-corrected chi connectivity index (χ0v) is 15.7. The van der Waals surface area contributed by atoms with Gasteiger partial charge in [-0.3, -0.25) is 9.52 Å². The van der Waals surface area contributed by atoms with E-state index in [4.69, 9.17) is 0 Å². The third kappa shape index (κ3) is 4.54. The van der Waals surface area contributed by atoms with Gasteiger partial charge in [-0.25, -0.2) is 12.8 Å². The normalized spacial score (nSPS) is 16.7. The van der Waals surface area contributed by atoms with Crippen molar-refractivity contribution in [1.29, 1.82) is 0 Å². The summed E-state index contributed by atoms with van der Waals surface area (Å²) in [6.07, 6.45) is 6.34. The van der Waals surface area contributed by atoms with E-state index in [-0.39, 0.29) is 22.4 Å². The smallest absolute Gasteiger partial charge is 0.262 e. The van der Waals surface area contributed by atoms with Crippen LogP contribution in [0.5, 0.6) is 0 Å². The zero-order valence-electron chi connectivity index (χ0n) is 14.9. The van der Waals surface area contributed by atoms with Crippen molar-refractivity contribution in [3.63, 3.8) is 0 Å². The maximum absolute atomic E-state index is 13.8. The van der Waals surface area contributed by atoms with Gasteiger partial charge in [0.15, 0.2) is 0 Å². The van der Waals surface area contributed by atoms with Crippen LogP contribution in [0.4, 0.5) is 15.8 Å². The number of hydrogen-bond donors (Lipinski definition) is 2. The number of halogens is 1. The fourth-order valence-electron chi connectivity index (χ4n) is 2.99. The molecule has 1 aliphatic rings. The molecule has 2 N–H and O–H groups in total. The minimum Gasteiger partial charge on any atom is -0.326 e. The maximum Gasteiger partial charge on any atom is 0.262 e. The second-order valence-electron chi connectivity index (χ2n) is 6.54. The topological polar surface area (TPSA) is 75.3 Å². The maximum atomic E-state index is 13.8. The summed E-state index contributed by atoms with van der Waals surface area (Å²) in [5.41, 5.74) is 0.770. The SMILES string of the molecule is Cc1ccc(NC(=O)C2CC=CCC2)cc1S(=O)(=O)Nc1ccccc1F. The third-order valence-corrected chi connectivity index (χ3v) is 6.01. The molecule has 0 bridgehead atoms. The molecule has 1 aliphatic carbocycles. The zero-order chi connectivity index (χ0) is 19.4. The average molecular weight is 388 g/mol. The minimum atomic E-state index is -4.00. The molecule has 1 atom stereocenters. The van der Waals surface area contributed by atoms with Crippen LogP contribution in [0.15, 0.2) is 59.5 Å². The van der Waals surface area contributed by atoms with Gasteiger partial charge in [0.2, 0.25) is 5.91 Å². The van der Waals surface area contributed by atoms with Gasteiger partial charge in [-0.15, -0.1) is 0 Å². The summed E-state index contributed by atoms with van der Waals surface area (Å²) in [6, 6.07) is 10.2. The highest BCUT2D eigenvalue weighted by atomic mass is 32.2. The molecule has 1 amide bonds. The van der Waals surface area contributed by atoms with Crippen LogP contribution in [0, 0.1) is 18.7 Å². The molecule has 2 aromatic carbocycles. The molecule has 0 radical (unpaired) electrons. The van der Waals surface area contributed by atoms with Crippen molar-refractivity contribution in [2.45, 2.75) is 31.1 Å². The molecule has 3 rings (SSSR count). The second kappa shape index (κ2) is 7.92. The lowest BCUT2D eigenvalue weighted by Gasteiger charge is -2.18. The Hall–Kier alpha value is -2.67. The van der Waals surface area contributed by atoms with E-state index in [1.54, 1.807) is 25.1 Å². The number of benzene rings is 2. The Morgan fingerprint density at radius 3 is 2.63 bits per heavy atom. The number of para-hydroxylation sites is 1. The Morgan fingerprint density at radius 1 is 1.15 bits per heavy atom. The van der Waals surface area contributed by atoms with Crippen LogP contribution in [0.1, 0.15) is 24.8 Å². The molecule has 27 heavy (non-hydrogen) atoms. The highest BCUT2D eigenvalue weighted by Crippen LogP contribution is 2.25. The van der Waals surface area contributed by atoms with Gasteiger partial charge in [-0.1, -0.05) is 30.4 Å². The van der Waals surface area contributed by atoms with E-state index >= 15 is 0 Å². The number of amides is 1. The molecule has 0 fully saturated rings. The number of allylic oxidation sites excluding steroid dienone is 2. The molecule has 0 heterocycles. The molecule has 0 saturated carbocycles. The number of sulfonamides is 1. The number of anilines is 2. The highest BCUT2D eigenvalue weighted by molar-refractivity contribution is 7.92. The van der Waals surface area contributed by atoms with Crippen molar-refractivity contribution in [1.82, 2.24) is 0 Å². The van der Waals surface area contributed by atoms with Gasteiger partial charge in [0.1, 0.15) is 5.82 Å². The lowest BCUT2D eigenvalue weighted by molar-refractivity contribution is -0.120. The monoisotopic (exact) mass is 388 g/mol. The summed E-state index contributed by atoms with van der Waals surface area (Å²) >= 11 is 0. The van der Waals surface area contributed by atoms with Crippen molar-refractivity contribution in [3.05, 3.63) is 66.0 Å². The van der Waals surface area contributed by atoms with Gasteiger partial charge in [0, 0.05) is 11.6 Å². The summed E-state index contributed by atoms with van der Waals surface area (Å²) in [5, 5.41) is 2.79. The number of carbonyl (C=O) groups is 1. The third-order valence-electron chi connectivity index (χ3n) is 4.50. The molecule has 0 aromatic heterocycles. The van der Waals surface area contributed by atoms with Gasteiger partial charge in [-0.2, -0.15) is 0 Å². The molecule has 7 heteroatoms.